The number of para-hydroxylation sites is 1. The first-order valence-corrected chi connectivity index (χ1v) is 4.58. The Balaban J connectivity index is 0.000000461. The highest BCUT2D eigenvalue weighted by Gasteiger charge is 2.04. The van der Waals surface area contributed by atoms with Crippen molar-refractivity contribution < 1.29 is 9.90 Å². The first-order chi connectivity index (χ1) is 6.79. The number of carbonyl (C=O) groups is 1. The highest BCUT2D eigenvalue weighted by molar-refractivity contribution is 5.88. The number of hydrogen-bond donors (Lipinski definition) is 1. The zero-order valence-electron chi connectivity index (χ0n) is 8.27. The van der Waals surface area contributed by atoms with Crippen molar-refractivity contribution in [3.05, 3.63) is 36.5 Å². The van der Waals surface area contributed by atoms with Crippen molar-refractivity contribution in [2.75, 3.05) is 0 Å². The van der Waals surface area contributed by atoms with Crippen molar-refractivity contribution in [2.45, 2.75) is 13.8 Å². The van der Waals surface area contributed by atoms with Crippen LogP contribution < -0.4 is 0 Å². The van der Waals surface area contributed by atoms with Gasteiger partial charge in [-0.3, -0.25) is 4.57 Å². The normalized spacial score (nSPS) is 9.29. The second kappa shape index (κ2) is 4.46. The summed E-state index contributed by atoms with van der Waals surface area (Å²) in [6.45, 7) is 4.00. The topological polar surface area (TPSA) is 42.2 Å². The molecule has 0 fully saturated rings. The summed E-state index contributed by atoms with van der Waals surface area (Å²) in [5.41, 5.74) is 0.727. The van der Waals surface area contributed by atoms with Crippen LogP contribution in [0, 0.1) is 0 Å². The van der Waals surface area contributed by atoms with Crippen molar-refractivity contribution in [3.8, 4) is 0 Å². The van der Waals surface area contributed by atoms with Gasteiger partial charge in [-0.05, 0) is 12.1 Å². The highest BCUT2D eigenvalue weighted by atomic mass is 16.4. The third kappa shape index (κ3) is 1.76. The third-order valence-electron chi connectivity index (χ3n) is 1.81. The van der Waals surface area contributed by atoms with Gasteiger partial charge in [-0.1, -0.05) is 32.0 Å². The van der Waals surface area contributed by atoms with Crippen LogP contribution in [0.15, 0.2) is 36.5 Å². The summed E-state index contributed by atoms with van der Waals surface area (Å²) in [4.78, 5) is 10.6. The maximum absolute atomic E-state index is 10.6. The number of fused-ring (bicyclic) bond motifs is 1. The van der Waals surface area contributed by atoms with Crippen molar-refractivity contribution >= 4 is 17.0 Å². The molecule has 0 unspecified atom stereocenters. The third-order valence-corrected chi connectivity index (χ3v) is 1.81. The van der Waals surface area contributed by atoms with Crippen LogP contribution in [-0.2, 0) is 0 Å². The standard InChI is InChI=1S/C9H7NO2.C2H6/c11-9(12)10-6-5-7-3-1-2-4-8(7)10;1-2/h1-6H,(H,11,12);1-2H3. The second-order valence-corrected chi connectivity index (χ2v) is 2.53. The molecule has 0 aliphatic carbocycles. The van der Waals surface area contributed by atoms with Crippen molar-refractivity contribution in [2.24, 2.45) is 0 Å². The minimum Gasteiger partial charge on any atom is -0.464 e. The fourth-order valence-electron chi connectivity index (χ4n) is 1.25. The summed E-state index contributed by atoms with van der Waals surface area (Å²) in [7, 11) is 0. The molecular weight excluding hydrogens is 178 g/mol. The Labute approximate surface area is 82.6 Å². The number of hydrogen-bond acceptors (Lipinski definition) is 1. The minimum absolute atomic E-state index is 0.727. The van der Waals surface area contributed by atoms with Gasteiger partial charge in [-0.25, -0.2) is 4.79 Å². The largest absolute Gasteiger partial charge is 0.464 e. The van der Waals surface area contributed by atoms with E-state index in [-0.39, 0.29) is 0 Å². The molecule has 2 aromatic rings. The molecule has 0 radical (unpaired) electrons. The molecule has 1 aromatic heterocycles. The Morgan fingerprint density at radius 2 is 1.86 bits per heavy atom. The number of aromatic nitrogens is 1. The van der Waals surface area contributed by atoms with Gasteiger partial charge in [0, 0.05) is 11.6 Å². The van der Waals surface area contributed by atoms with Crippen LogP contribution in [0.25, 0.3) is 10.9 Å². The molecule has 0 saturated carbocycles. The lowest BCUT2D eigenvalue weighted by Gasteiger charge is -1.95. The van der Waals surface area contributed by atoms with E-state index in [2.05, 4.69) is 0 Å². The van der Waals surface area contributed by atoms with Crippen molar-refractivity contribution in [1.82, 2.24) is 4.57 Å². The van der Waals surface area contributed by atoms with Gasteiger partial charge < -0.3 is 5.11 Å². The molecule has 1 N–H and O–H groups in total. The molecule has 0 spiro atoms. The number of nitrogens with zero attached hydrogens (tertiary/aromatic N) is 1. The Morgan fingerprint density at radius 1 is 1.21 bits per heavy atom. The van der Waals surface area contributed by atoms with E-state index >= 15 is 0 Å². The molecular formula is C11H13NO2. The lowest BCUT2D eigenvalue weighted by molar-refractivity contribution is 0.197. The van der Waals surface area contributed by atoms with Gasteiger partial charge in [0.05, 0.1) is 5.52 Å². The van der Waals surface area contributed by atoms with Crippen molar-refractivity contribution in [1.29, 1.82) is 0 Å². The SMILES string of the molecule is CC.O=C(O)n1ccc2ccccc21. The fraction of sp³-hybridized carbons (Fsp3) is 0.182. The van der Waals surface area contributed by atoms with E-state index in [4.69, 9.17) is 5.11 Å². The van der Waals surface area contributed by atoms with Crippen LogP contribution in [0.1, 0.15) is 13.8 Å². The molecule has 2 rings (SSSR count). The first-order valence-electron chi connectivity index (χ1n) is 4.58. The van der Waals surface area contributed by atoms with Gasteiger partial charge in [0.1, 0.15) is 0 Å². The maximum atomic E-state index is 10.6. The first kappa shape index (κ1) is 10.3. The number of benzene rings is 1. The molecule has 1 heterocycles. The predicted octanol–water partition coefficient (Wildman–Crippen LogP) is 3.19. The fourth-order valence-corrected chi connectivity index (χ4v) is 1.25. The van der Waals surface area contributed by atoms with Crippen LogP contribution in [0.5, 0.6) is 0 Å². The summed E-state index contributed by atoms with van der Waals surface area (Å²) in [6, 6.07) is 9.15. The van der Waals surface area contributed by atoms with Crippen LogP contribution in [0.3, 0.4) is 0 Å². The molecule has 14 heavy (non-hydrogen) atoms. The molecule has 0 atom stereocenters. The minimum atomic E-state index is -0.948. The van der Waals surface area contributed by atoms with Gasteiger partial charge in [0.15, 0.2) is 0 Å². The number of carboxylic acid groups (broad SMARTS) is 1. The summed E-state index contributed by atoms with van der Waals surface area (Å²) in [6.07, 6.45) is 0.601. The average Bonchev–Trinajstić information content (AvgIpc) is 2.64. The van der Waals surface area contributed by atoms with E-state index in [9.17, 15) is 4.79 Å². The molecule has 74 valence electrons. The molecule has 1 aromatic carbocycles. The van der Waals surface area contributed by atoms with Crippen LogP contribution in [-0.4, -0.2) is 15.8 Å². The van der Waals surface area contributed by atoms with Gasteiger partial charge in [0.25, 0.3) is 0 Å². The van der Waals surface area contributed by atoms with Crippen LogP contribution in [0.4, 0.5) is 4.79 Å². The summed E-state index contributed by atoms with van der Waals surface area (Å²) >= 11 is 0. The average molecular weight is 191 g/mol. The quantitative estimate of drug-likeness (QED) is 0.694. The Morgan fingerprint density at radius 3 is 2.50 bits per heavy atom. The lowest BCUT2D eigenvalue weighted by atomic mass is 10.2. The smallest absolute Gasteiger partial charge is 0.415 e. The molecule has 0 amide bonds. The molecule has 0 aliphatic rings. The van der Waals surface area contributed by atoms with Gasteiger partial charge in [-0.15, -0.1) is 0 Å². The van der Waals surface area contributed by atoms with Crippen LogP contribution >= 0.6 is 0 Å². The predicted molar refractivity (Wildman–Crippen MR) is 56.7 cm³/mol. The Bertz CT molecular complexity index is 432. The lowest BCUT2D eigenvalue weighted by Crippen LogP contribution is -2.05. The Kier molecular flexibility index (Phi) is 3.29. The monoisotopic (exact) mass is 191 g/mol. The zero-order chi connectivity index (χ0) is 10.6. The maximum Gasteiger partial charge on any atom is 0.415 e. The van der Waals surface area contributed by atoms with E-state index in [0.29, 0.717) is 0 Å². The van der Waals surface area contributed by atoms with Gasteiger partial charge >= 0.3 is 6.09 Å². The molecule has 0 bridgehead atoms. The van der Waals surface area contributed by atoms with Gasteiger partial charge in [0.2, 0.25) is 0 Å². The van der Waals surface area contributed by atoms with Crippen molar-refractivity contribution in [3.63, 3.8) is 0 Å². The van der Waals surface area contributed by atoms with E-state index in [0.717, 1.165) is 10.9 Å². The van der Waals surface area contributed by atoms with Gasteiger partial charge in [-0.2, -0.15) is 0 Å². The molecule has 0 saturated heterocycles. The van der Waals surface area contributed by atoms with E-state index in [1.807, 2.05) is 32.0 Å². The second-order valence-electron chi connectivity index (χ2n) is 2.53. The molecule has 3 heteroatoms. The van der Waals surface area contributed by atoms with Crippen LogP contribution in [0.2, 0.25) is 0 Å². The molecule has 0 aliphatic heterocycles. The summed E-state index contributed by atoms with van der Waals surface area (Å²) in [5.74, 6) is 0. The van der Waals surface area contributed by atoms with E-state index < -0.39 is 6.09 Å². The highest BCUT2D eigenvalue weighted by Crippen LogP contribution is 2.14. The Hall–Kier alpha value is -1.77. The molecule has 3 nitrogen and oxygen atoms in total. The summed E-state index contributed by atoms with van der Waals surface area (Å²) in [5, 5.41) is 9.68. The zero-order valence-corrected chi connectivity index (χ0v) is 8.27. The summed E-state index contributed by atoms with van der Waals surface area (Å²) < 4.78 is 1.20. The van der Waals surface area contributed by atoms with E-state index in [1.54, 1.807) is 18.3 Å². The van der Waals surface area contributed by atoms with E-state index in [1.165, 1.54) is 4.57 Å². The number of rotatable bonds is 0.